The number of anilines is 2. The van der Waals surface area contributed by atoms with Crippen molar-refractivity contribution in [2.24, 2.45) is 0 Å². The molecule has 0 aliphatic carbocycles. The third kappa shape index (κ3) is 4.56. The molecule has 41 heavy (non-hydrogen) atoms. The molecule has 0 bridgehead atoms. The van der Waals surface area contributed by atoms with E-state index in [0.29, 0.717) is 0 Å². The standard InChI is InChI=1S/C20H23F2N10O7PS/c21-8-6(1-33)38-19(32-5-28-11-16(32)29-20(24)30-17(11)35)13(8)40(36,41)37-2-7-12(34)9(22)18(39-7)31-4-27-10-14(23)25-3-26-15(10)31/h3-9,12-13,18-19,33-34H,1-2H2,(H,36,41)(H2,23,25,26)(H3,24,29,30,35)/t6-,7?,8-,9+,12-,13-,18-,19-,40?/m1/s1. The summed E-state index contributed by atoms with van der Waals surface area (Å²) in [5.41, 5.74) is 9.29. The average molecular weight is 617 g/mol. The monoisotopic (exact) mass is 616 g/mol. The third-order valence-electron chi connectivity index (χ3n) is 6.95. The van der Waals surface area contributed by atoms with E-state index in [1.807, 2.05) is 0 Å². The van der Waals surface area contributed by atoms with Crippen molar-refractivity contribution in [2.75, 3.05) is 24.7 Å². The smallest absolute Gasteiger partial charge is 0.280 e. The highest BCUT2D eigenvalue weighted by atomic mass is 32.5. The summed E-state index contributed by atoms with van der Waals surface area (Å²) in [5.74, 6) is -0.191. The number of aliphatic hydroxyl groups excluding tert-OH is 2. The van der Waals surface area contributed by atoms with Crippen LogP contribution in [0.5, 0.6) is 0 Å². The van der Waals surface area contributed by atoms with Crippen molar-refractivity contribution in [2.45, 2.75) is 48.8 Å². The van der Waals surface area contributed by atoms with Gasteiger partial charge in [0.05, 0.1) is 25.9 Å². The summed E-state index contributed by atoms with van der Waals surface area (Å²) < 4.78 is 49.9. The number of alkyl halides is 2. The minimum absolute atomic E-state index is 0.0621. The minimum atomic E-state index is -4.21. The van der Waals surface area contributed by atoms with Gasteiger partial charge in [0.25, 0.3) is 5.56 Å². The van der Waals surface area contributed by atoms with Crippen LogP contribution in [-0.4, -0.2) is 104 Å². The number of nitrogens with two attached hydrogens (primary N) is 2. The van der Waals surface area contributed by atoms with Crippen molar-refractivity contribution < 1.29 is 37.9 Å². The van der Waals surface area contributed by atoms with E-state index in [0.717, 1.165) is 17.2 Å². The summed E-state index contributed by atoms with van der Waals surface area (Å²) >= 11 is 5.31. The number of rotatable bonds is 7. The molecule has 2 unspecified atom stereocenters. The van der Waals surface area contributed by atoms with Crippen molar-refractivity contribution in [3.63, 3.8) is 0 Å². The zero-order valence-corrected chi connectivity index (χ0v) is 22.3. The molecular formula is C20H23F2N10O7PS. The maximum Gasteiger partial charge on any atom is 0.280 e. The molecule has 17 nitrogen and oxygen atoms in total. The largest absolute Gasteiger partial charge is 0.394 e. The Morgan fingerprint density at radius 1 is 1.05 bits per heavy atom. The predicted octanol–water partition coefficient (Wildman–Crippen LogP) is -1.36. The van der Waals surface area contributed by atoms with Crippen LogP contribution in [0, 0.1) is 0 Å². The number of aromatic amines is 1. The van der Waals surface area contributed by atoms with E-state index in [1.165, 1.54) is 10.9 Å². The second-order valence-electron chi connectivity index (χ2n) is 9.40. The lowest BCUT2D eigenvalue weighted by atomic mass is 10.1. The number of halogens is 2. The number of fused-ring (bicyclic) bond motifs is 2. The molecule has 0 amide bonds. The van der Waals surface area contributed by atoms with Crippen LogP contribution in [0.15, 0.2) is 23.8 Å². The number of nitrogen functional groups attached to an aromatic ring is 2. The molecule has 2 fully saturated rings. The third-order valence-corrected chi connectivity index (χ3v) is 9.81. The first-order valence-electron chi connectivity index (χ1n) is 12.0. The fraction of sp³-hybridized carbons (Fsp3) is 0.500. The van der Waals surface area contributed by atoms with Gasteiger partial charge in [-0.05, 0) is 11.8 Å². The van der Waals surface area contributed by atoms with Crippen molar-refractivity contribution in [1.29, 1.82) is 0 Å². The van der Waals surface area contributed by atoms with Crippen molar-refractivity contribution in [3.05, 3.63) is 29.3 Å². The number of aliphatic hydroxyl groups is 2. The van der Waals surface area contributed by atoms with E-state index >= 15 is 8.78 Å². The summed E-state index contributed by atoms with van der Waals surface area (Å²) in [6.45, 7) is -5.61. The predicted molar refractivity (Wildman–Crippen MR) is 139 cm³/mol. The molecule has 0 aromatic carbocycles. The van der Waals surface area contributed by atoms with Crippen LogP contribution >= 0.6 is 6.49 Å². The molecule has 220 valence electrons. The highest BCUT2D eigenvalue weighted by molar-refractivity contribution is 8.09. The van der Waals surface area contributed by atoms with Crippen LogP contribution in [0.4, 0.5) is 20.5 Å². The van der Waals surface area contributed by atoms with Gasteiger partial charge in [0.15, 0.2) is 47.7 Å². The van der Waals surface area contributed by atoms with Crippen molar-refractivity contribution in [1.82, 2.24) is 39.0 Å². The van der Waals surface area contributed by atoms with E-state index < -0.39 is 74.0 Å². The van der Waals surface area contributed by atoms with Gasteiger partial charge in [-0.2, -0.15) is 4.98 Å². The number of H-pyrrole nitrogens is 1. The second kappa shape index (κ2) is 10.2. The van der Waals surface area contributed by atoms with E-state index in [1.54, 1.807) is 0 Å². The molecule has 21 heteroatoms. The molecule has 6 rings (SSSR count). The first-order chi connectivity index (χ1) is 19.5. The lowest BCUT2D eigenvalue weighted by Crippen LogP contribution is -2.34. The Morgan fingerprint density at radius 2 is 1.73 bits per heavy atom. The topological polar surface area (TPSA) is 248 Å². The van der Waals surface area contributed by atoms with Gasteiger partial charge in [0, 0.05) is 0 Å². The molecule has 4 aromatic rings. The molecule has 2 aliphatic heterocycles. The van der Waals surface area contributed by atoms with Crippen LogP contribution < -0.4 is 17.0 Å². The summed E-state index contributed by atoms with van der Waals surface area (Å²) in [6.07, 6.45) is -7.81. The molecular weight excluding hydrogens is 593 g/mol. The Kier molecular flexibility index (Phi) is 6.97. The normalized spacial score (nSPS) is 31.7. The van der Waals surface area contributed by atoms with Gasteiger partial charge >= 0.3 is 0 Å². The number of hydrogen-bond acceptors (Lipinski definition) is 14. The number of ether oxygens (including phenoxy) is 2. The Hall–Kier alpha value is -3.23. The van der Waals surface area contributed by atoms with Crippen LogP contribution in [0.25, 0.3) is 22.3 Å². The average Bonchev–Trinajstić information content (AvgIpc) is 3.68. The number of imidazole rings is 2. The van der Waals surface area contributed by atoms with Gasteiger partial charge in [-0.15, -0.1) is 0 Å². The SMILES string of the molecule is Nc1nc2c(ncn2[C@@H]2O[C@H](CO)[C@@H](F)[C@H]2P(O)(=S)OCC2O[C@@H](n3cnc4c(N)ncnc43)[C@@H](F)[C@@H]2O)c(=O)[nH]1. The van der Waals surface area contributed by atoms with Crippen molar-refractivity contribution in [3.8, 4) is 0 Å². The summed E-state index contributed by atoms with van der Waals surface area (Å²) in [7, 11) is 0. The van der Waals surface area contributed by atoms with Crippen molar-refractivity contribution >= 4 is 52.4 Å². The zero-order valence-electron chi connectivity index (χ0n) is 20.6. The molecule has 4 aromatic heterocycles. The van der Waals surface area contributed by atoms with Gasteiger partial charge < -0.3 is 40.6 Å². The molecule has 6 heterocycles. The maximum atomic E-state index is 15.5. The number of aromatic nitrogens is 8. The lowest BCUT2D eigenvalue weighted by Gasteiger charge is -2.29. The molecule has 0 radical (unpaired) electrons. The summed E-state index contributed by atoms with van der Waals surface area (Å²) in [4.78, 5) is 45.6. The molecule has 0 saturated carbocycles. The summed E-state index contributed by atoms with van der Waals surface area (Å²) in [6, 6.07) is 0. The second-order valence-corrected chi connectivity index (χ2v) is 13.0. The fourth-order valence-corrected chi connectivity index (χ4v) is 7.41. The van der Waals surface area contributed by atoms with E-state index in [-0.39, 0.29) is 34.1 Å². The van der Waals surface area contributed by atoms with E-state index in [9.17, 15) is 19.9 Å². The molecule has 2 saturated heterocycles. The highest BCUT2D eigenvalue weighted by Gasteiger charge is 2.54. The maximum absolute atomic E-state index is 15.5. The molecule has 8 N–H and O–H groups in total. The molecule has 0 spiro atoms. The Morgan fingerprint density at radius 3 is 2.46 bits per heavy atom. The van der Waals surface area contributed by atoms with Crippen LogP contribution in [0.1, 0.15) is 12.5 Å². The molecule has 2 aliphatic rings. The Labute approximate surface area is 232 Å². The first kappa shape index (κ1) is 27.9. The Balaban J connectivity index is 1.25. The van der Waals surface area contributed by atoms with Gasteiger partial charge in [0.2, 0.25) is 5.95 Å². The number of hydrogen-bond donors (Lipinski definition) is 6. The quantitative estimate of drug-likeness (QED) is 0.131. The lowest BCUT2D eigenvalue weighted by molar-refractivity contribution is -0.0425. The van der Waals surface area contributed by atoms with Gasteiger partial charge in [-0.25, -0.2) is 28.7 Å². The van der Waals surface area contributed by atoms with Crippen LogP contribution in [-0.2, 0) is 25.8 Å². The fourth-order valence-electron chi connectivity index (χ4n) is 4.94. The zero-order chi connectivity index (χ0) is 29.2. The van der Waals surface area contributed by atoms with E-state index in [2.05, 4.69) is 29.9 Å². The first-order valence-corrected chi connectivity index (χ1v) is 14.8. The number of nitrogens with zero attached hydrogens (tertiary/aromatic N) is 7. The Bertz CT molecular complexity index is 1720. The highest BCUT2D eigenvalue weighted by Crippen LogP contribution is 2.58. The van der Waals surface area contributed by atoms with Gasteiger partial charge in [-0.3, -0.25) is 18.9 Å². The van der Waals surface area contributed by atoms with Crippen LogP contribution in [0.2, 0.25) is 0 Å². The number of nitrogens with one attached hydrogen (secondary N) is 1. The summed E-state index contributed by atoms with van der Waals surface area (Å²) in [5, 5.41) is 20.2. The van der Waals surface area contributed by atoms with Gasteiger partial charge in [0.1, 0.15) is 42.0 Å². The van der Waals surface area contributed by atoms with E-state index in [4.69, 9.17) is 37.3 Å². The van der Waals surface area contributed by atoms with Gasteiger partial charge in [-0.1, -0.05) is 0 Å². The minimum Gasteiger partial charge on any atom is -0.394 e. The molecule has 9 atom stereocenters. The van der Waals surface area contributed by atoms with Crippen LogP contribution in [0.3, 0.4) is 0 Å².